The average Bonchev–Trinajstić information content (AvgIpc) is 2.80. The molecule has 7 heteroatoms. The van der Waals surface area contributed by atoms with Crippen molar-refractivity contribution in [2.75, 3.05) is 12.8 Å². The molecule has 2 heterocycles. The van der Waals surface area contributed by atoms with Crippen LogP contribution in [0.2, 0.25) is 0 Å². The van der Waals surface area contributed by atoms with Gasteiger partial charge in [0.15, 0.2) is 5.78 Å². The van der Waals surface area contributed by atoms with Gasteiger partial charge in [0.05, 0.1) is 17.8 Å². The van der Waals surface area contributed by atoms with Crippen LogP contribution in [-0.2, 0) is 14.4 Å². The molecule has 0 aliphatic carbocycles. The van der Waals surface area contributed by atoms with Gasteiger partial charge in [-0.15, -0.1) is 11.8 Å². The lowest BCUT2D eigenvalue weighted by Crippen LogP contribution is -2.44. The second kappa shape index (κ2) is 4.89. The van der Waals surface area contributed by atoms with Crippen LogP contribution >= 0.6 is 11.8 Å². The first kappa shape index (κ1) is 13.4. The van der Waals surface area contributed by atoms with Crippen molar-refractivity contribution in [2.45, 2.75) is 30.8 Å². The van der Waals surface area contributed by atoms with Crippen LogP contribution in [0.3, 0.4) is 0 Å². The summed E-state index contributed by atoms with van der Waals surface area (Å²) in [5.74, 6) is -0.822. The van der Waals surface area contributed by atoms with E-state index in [0.717, 1.165) is 0 Å². The van der Waals surface area contributed by atoms with E-state index in [-0.39, 0.29) is 29.4 Å². The zero-order chi connectivity index (χ0) is 13.4. The number of nitrogens with zero attached hydrogens (tertiary/aromatic N) is 1. The second-order valence-corrected chi connectivity index (χ2v) is 5.77. The van der Waals surface area contributed by atoms with Crippen molar-refractivity contribution < 1.29 is 19.5 Å². The van der Waals surface area contributed by atoms with E-state index < -0.39 is 18.1 Å². The van der Waals surface area contributed by atoms with E-state index in [0.29, 0.717) is 5.75 Å². The van der Waals surface area contributed by atoms with E-state index in [9.17, 15) is 14.4 Å². The van der Waals surface area contributed by atoms with E-state index >= 15 is 0 Å². The van der Waals surface area contributed by atoms with Gasteiger partial charge in [0, 0.05) is 11.7 Å². The number of aliphatic carboxylic acids is 1. The highest BCUT2D eigenvalue weighted by Gasteiger charge is 2.54. The van der Waals surface area contributed by atoms with Gasteiger partial charge >= 0.3 is 5.97 Å². The van der Waals surface area contributed by atoms with E-state index in [1.165, 1.54) is 18.7 Å². The van der Waals surface area contributed by atoms with Crippen LogP contribution in [0.15, 0.2) is 0 Å². The lowest BCUT2D eigenvalue weighted by Gasteiger charge is -2.22. The number of Topliss-reactive ketones (excluding diaryl/α,β-unsaturated/α-hetero) is 1. The molecule has 2 rings (SSSR count). The van der Waals surface area contributed by atoms with Gasteiger partial charge in [-0.25, -0.2) is 0 Å². The highest BCUT2D eigenvalue weighted by Crippen LogP contribution is 2.43. The fourth-order valence-electron chi connectivity index (χ4n) is 2.72. The number of hydrogen-bond acceptors (Lipinski definition) is 5. The number of carbonyl (C=O) groups excluding carboxylic acids is 2. The monoisotopic (exact) mass is 272 g/mol. The van der Waals surface area contributed by atoms with Crippen LogP contribution < -0.4 is 5.32 Å². The fraction of sp³-hybridized carbons (Fsp3) is 0.727. The Bertz CT molecular complexity index is 401. The lowest BCUT2D eigenvalue weighted by atomic mass is 9.99. The van der Waals surface area contributed by atoms with Crippen molar-refractivity contribution in [3.63, 3.8) is 0 Å². The number of carboxylic acid groups (broad SMARTS) is 1. The summed E-state index contributed by atoms with van der Waals surface area (Å²) in [7, 11) is 1.65. The number of thioether (sulfide) groups is 1. The molecule has 2 aliphatic heterocycles. The van der Waals surface area contributed by atoms with E-state index in [1.54, 1.807) is 11.9 Å². The number of fused-ring (bicyclic) bond motifs is 1. The summed E-state index contributed by atoms with van der Waals surface area (Å²) in [5.41, 5.74) is 0. The summed E-state index contributed by atoms with van der Waals surface area (Å²) in [6.45, 7) is 1.47. The van der Waals surface area contributed by atoms with Crippen molar-refractivity contribution in [3.05, 3.63) is 0 Å². The van der Waals surface area contributed by atoms with Crippen molar-refractivity contribution in [1.29, 1.82) is 0 Å². The molecule has 0 spiro atoms. The van der Waals surface area contributed by atoms with Gasteiger partial charge < -0.3 is 15.3 Å². The standard InChI is InChI=1S/C11H16N2O4S/c1-5(14)7-4-18-11-6(3-8(15)16)9(12-2)10(17)13(7)11/h6-7,9,11-12H,3-4H2,1-2H3,(H,15,16). The summed E-state index contributed by atoms with van der Waals surface area (Å²) in [6, 6.07) is -0.900. The number of rotatable bonds is 4. The first-order valence-corrected chi connectivity index (χ1v) is 6.85. The van der Waals surface area contributed by atoms with E-state index in [1.807, 2.05) is 0 Å². The van der Waals surface area contributed by atoms with Crippen LogP contribution in [0.5, 0.6) is 0 Å². The highest BCUT2D eigenvalue weighted by atomic mass is 32.2. The van der Waals surface area contributed by atoms with E-state index in [2.05, 4.69) is 5.32 Å². The Morgan fingerprint density at radius 3 is 2.72 bits per heavy atom. The minimum absolute atomic E-state index is 0.0378. The smallest absolute Gasteiger partial charge is 0.303 e. The van der Waals surface area contributed by atoms with Gasteiger partial charge in [-0.2, -0.15) is 0 Å². The number of likely N-dealkylation sites (N-methyl/N-ethyl adjacent to an activating group) is 1. The number of carboxylic acids is 1. The molecular formula is C11H16N2O4S. The Hall–Kier alpha value is -1.08. The molecule has 0 radical (unpaired) electrons. The number of carbonyl (C=O) groups is 3. The number of hydrogen-bond donors (Lipinski definition) is 2. The average molecular weight is 272 g/mol. The minimum atomic E-state index is -0.915. The predicted molar refractivity (Wildman–Crippen MR) is 66.2 cm³/mol. The molecule has 0 saturated carbocycles. The van der Waals surface area contributed by atoms with Crippen LogP contribution in [0.4, 0.5) is 0 Å². The molecule has 2 fully saturated rings. The highest BCUT2D eigenvalue weighted by molar-refractivity contribution is 8.00. The maximum Gasteiger partial charge on any atom is 0.303 e. The molecule has 2 saturated heterocycles. The van der Waals surface area contributed by atoms with Crippen LogP contribution in [0.1, 0.15) is 13.3 Å². The topological polar surface area (TPSA) is 86.7 Å². The minimum Gasteiger partial charge on any atom is -0.481 e. The molecule has 0 bridgehead atoms. The summed E-state index contributed by atoms with van der Waals surface area (Å²) in [6.07, 6.45) is -0.0595. The van der Waals surface area contributed by atoms with Gasteiger partial charge in [0.25, 0.3) is 0 Å². The van der Waals surface area contributed by atoms with Crippen LogP contribution in [-0.4, -0.2) is 57.9 Å². The Kier molecular flexibility index (Phi) is 3.63. The normalized spacial score (nSPS) is 34.8. The molecule has 6 nitrogen and oxygen atoms in total. The molecule has 4 unspecified atom stereocenters. The van der Waals surface area contributed by atoms with Gasteiger partial charge in [-0.05, 0) is 14.0 Å². The lowest BCUT2D eigenvalue weighted by molar-refractivity contribution is -0.138. The second-order valence-electron chi connectivity index (χ2n) is 4.62. The molecule has 18 heavy (non-hydrogen) atoms. The molecule has 0 aromatic carbocycles. The zero-order valence-electron chi connectivity index (χ0n) is 10.3. The Morgan fingerprint density at radius 2 is 2.22 bits per heavy atom. The Morgan fingerprint density at radius 1 is 1.56 bits per heavy atom. The van der Waals surface area contributed by atoms with Crippen LogP contribution in [0.25, 0.3) is 0 Å². The van der Waals surface area contributed by atoms with Crippen molar-refractivity contribution in [2.24, 2.45) is 5.92 Å². The molecule has 2 N–H and O–H groups in total. The van der Waals surface area contributed by atoms with Gasteiger partial charge in [0.1, 0.15) is 6.04 Å². The third kappa shape index (κ3) is 2.01. The molecular weight excluding hydrogens is 256 g/mol. The Balaban J connectivity index is 2.26. The molecule has 4 atom stereocenters. The predicted octanol–water partition coefficient (Wildman–Crippen LogP) is -0.462. The summed E-state index contributed by atoms with van der Waals surface area (Å²) in [5, 5.41) is 11.6. The molecule has 0 aromatic rings. The van der Waals surface area contributed by atoms with Gasteiger partial charge in [0.2, 0.25) is 5.91 Å². The zero-order valence-corrected chi connectivity index (χ0v) is 11.1. The number of nitrogens with one attached hydrogen (secondary N) is 1. The summed E-state index contributed by atoms with van der Waals surface area (Å²) >= 11 is 1.50. The Labute approximate surface area is 109 Å². The summed E-state index contributed by atoms with van der Waals surface area (Å²) < 4.78 is 0. The molecule has 0 aromatic heterocycles. The van der Waals surface area contributed by atoms with Crippen molar-refractivity contribution in [1.82, 2.24) is 10.2 Å². The number of amides is 1. The third-order valence-electron chi connectivity index (χ3n) is 3.54. The quantitative estimate of drug-likeness (QED) is 0.720. The molecule has 1 amide bonds. The van der Waals surface area contributed by atoms with Gasteiger partial charge in [-0.1, -0.05) is 0 Å². The van der Waals surface area contributed by atoms with Crippen molar-refractivity contribution in [3.8, 4) is 0 Å². The fourth-order valence-corrected chi connectivity index (χ4v) is 4.40. The third-order valence-corrected chi connectivity index (χ3v) is 4.97. The maximum absolute atomic E-state index is 12.2. The largest absolute Gasteiger partial charge is 0.481 e. The number of ketones is 1. The first-order chi connectivity index (χ1) is 8.47. The van der Waals surface area contributed by atoms with Crippen LogP contribution in [0, 0.1) is 5.92 Å². The maximum atomic E-state index is 12.2. The van der Waals surface area contributed by atoms with Crippen molar-refractivity contribution >= 4 is 29.4 Å². The first-order valence-electron chi connectivity index (χ1n) is 5.80. The van der Waals surface area contributed by atoms with Gasteiger partial charge in [-0.3, -0.25) is 14.4 Å². The van der Waals surface area contributed by atoms with E-state index in [4.69, 9.17) is 5.11 Å². The SMILES string of the molecule is CNC1C(=O)N2C(C(C)=O)CSC2C1CC(=O)O. The molecule has 100 valence electrons. The molecule has 2 aliphatic rings. The summed E-state index contributed by atoms with van der Waals surface area (Å²) in [4.78, 5) is 36.2.